The van der Waals surface area contributed by atoms with Crippen LogP contribution in [0.5, 0.6) is 0 Å². The Labute approximate surface area is 173 Å². The van der Waals surface area contributed by atoms with Crippen molar-refractivity contribution in [3.8, 4) is 0 Å². The summed E-state index contributed by atoms with van der Waals surface area (Å²) in [5.74, 6) is -1.26. The number of ether oxygens (including phenoxy) is 1. The minimum atomic E-state index is -0.622. The fraction of sp³-hybridized carbons (Fsp3) is 0.762. The maximum Gasteiger partial charge on any atom is 0.244 e. The average Bonchev–Trinajstić information content (AvgIpc) is 2.72. The molecule has 0 bridgehead atoms. The molecule has 0 aromatic rings. The number of allylic oxidation sites excluding steroid dienone is 2. The van der Waals surface area contributed by atoms with Crippen LogP contribution in [0.4, 0.5) is 0 Å². The van der Waals surface area contributed by atoms with Crippen LogP contribution in [0.3, 0.4) is 0 Å². The molecule has 1 fully saturated rings. The van der Waals surface area contributed by atoms with E-state index >= 15 is 0 Å². The van der Waals surface area contributed by atoms with Gasteiger partial charge in [0.15, 0.2) is 6.29 Å². The molecule has 2 aliphatic rings. The second kappa shape index (κ2) is 12.6. The van der Waals surface area contributed by atoms with Crippen molar-refractivity contribution in [2.24, 2.45) is 5.92 Å². The highest BCUT2D eigenvalue weighted by molar-refractivity contribution is 5.90. The van der Waals surface area contributed by atoms with Crippen molar-refractivity contribution in [2.75, 3.05) is 20.2 Å². The summed E-state index contributed by atoms with van der Waals surface area (Å²) in [5.41, 5.74) is 2.42. The van der Waals surface area contributed by atoms with E-state index in [-0.39, 0.29) is 24.1 Å². The molecule has 8 nitrogen and oxygen atoms in total. The number of nitrogens with one attached hydrogen (secondary N) is 2. The molecule has 2 N–H and O–H groups in total. The molecule has 0 radical (unpaired) electrons. The highest BCUT2D eigenvalue weighted by atomic mass is 16.8. The molecule has 0 aromatic heterocycles. The second-order valence-corrected chi connectivity index (χ2v) is 7.87. The lowest BCUT2D eigenvalue weighted by Gasteiger charge is -2.25. The van der Waals surface area contributed by atoms with Gasteiger partial charge in [0.05, 0.1) is 0 Å². The van der Waals surface area contributed by atoms with Gasteiger partial charge in [-0.3, -0.25) is 14.4 Å². The highest BCUT2D eigenvalue weighted by Gasteiger charge is 2.26. The van der Waals surface area contributed by atoms with Crippen molar-refractivity contribution in [1.82, 2.24) is 15.7 Å². The van der Waals surface area contributed by atoms with Gasteiger partial charge in [-0.2, -0.15) is 0 Å². The van der Waals surface area contributed by atoms with Crippen molar-refractivity contribution >= 4 is 17.7 Å². The Hall–Kier alpha value is -1.93. The third-order valence-corrected chi connectivity index (χ3v) is 5.30. The lowest BCUT2D eigenvalue weighted by molar-refractivity contribution is -0.200. The summed E-state index contributed by atoms with van der Waals surface area (Å²) in [6.45, 7) is 2.96. The summed E-state index contributed by atoms with van der Waals surface area (Å²) >= 11 is 0. The summed E-state index contributed by atoms with van der Waals surface area (Å²) in [7, 11) is 1.75. The van der Waals surface area contributed by atoms with Crippen molar-refractivity contribution in [3.05, 3.63) is 12.2 Å². The molecule has 1 saturated heterocycles. The van der Waals surface area contributed by atoms with Crippen molar-refractivity contribution in [3.63, 3.8) is 0 Å². The van der Waals surface area contributed by atoms with E-state index in [4.69, 9.17) is 9.57 Å². The minimum absolute atomic E-state index is 0.0129. The van der Waals surface area contributed by atoms with Gasteiger partial charge in [-0.15, -0.1) is 0 Å². The van der Waals surface area contributed by atoms with Crippen molar-refractivity contribution in [2.45, 2.75) is 77.0 Å². The van der Waals surface area contributed by atoms with E-state index in [0.717, 1.165) is 44.9 Å². The van der Waals surface area contributed by atoms with Crippen molar-refractivity contribution < 1.29 is 24.0 Å². The first kappa shape index (κ1) is 23.3. The maximum atomic E-state index is 12.7. The summed E-state index contributed by atoms with van der Waals surface area (Å²) in [5, 5.41) is 2.78. The molecule has 0 aromatic carbocycles. The van der Waals surface area contributed by atoms with Gasteiger partial charge < -0.3 is 15.0 Å². The van der Waals surface area contributed by atoms with Crippen LogP contribution in [0, 0.1) is 5.92 Å². The second-order valence-electron chi connectivity index (χ2n) is 7.87. The van der Waals surface area contributed by atoms with Crippen LogP contribution in [0.25, 0.3) is 0 Å². The molecule has 2 heterocycles. The molecule has 2 aliphatic heterocycles. The fourth-order valence-electron chi connectivity index (χ4n) is 3.52. The van der Waals surface area contributed by atoms with Gasteiger partial charge in [0.1, 0.15) is 6.04 Å². The van der Waals surface area contributed by atoms with Gasteiger partial charge in [0.2, 0.25) is 17.7 Å². The van der Waals surface area contributed by atoms with E-state index < -0.39 is 18.2 Å². The number of hydroxylamine groups is 1. The van der Waals surface area contributed by atoms with Crippen molar-refractivity contribution in [1.29, 1.82) is 0 Å². The maximum absolute atomic E-state index is 12.7. The molecule has 3 atom stereocenters. The molecule has 2 unspecified atom stereocenters. The Morgan fingerprint density at radius 2 is 1.97 bits per heavy atom. The van der Waals surface area contributed by atoms with E-state index in [1.807, 2.05) is 0 Å². The van der Waals surface area contributed by atoms with E-state index in [9.17, 15) is 14.4 Å². The monoisotopic (exact) mass is 409 g/mol. The molecule has 8 heteroatoms. The number of amides is 3. The molecular weight excluding hydrogens is 374 g/mol. The third kappa shape index (κ3) is 8.53. The molecule has 2 rings (SSSR count). The Morgan fingerprint density at radius 1 is 1.21 bits per heavy atom. The summed E-state index contributed by atoms with van der Waals surface area (Å²) in [6.07, 6.45) is 10.6. The normalized spacial score (nSPS) is 27.8. The zero-order valence-electron chi connectivity index (χ0n) is 17.7. The Balaban J connectivity index is 1.92. The molecule has 0 saturated carbocycles. The predicted molar refractivity (Wildman–Crippen MR) is 108 cm³/mol. The first-order chi connectivity index (χ1) is 14.0. The number of rotatable bonds is 4. The van der Waals surface area contributed by atoms with Gasteiger partial charge >= 0.3 is 0 Å². The van der Waals surface area contributed by atoms with E-state index in [1.165, 1.54) is 0 Å². The molecule has 3 amide bonds. The van der Waals surface area contributed by atoms with E-state index in [1.54, 1.807) is 18.9 Å². The summed E-state index contributed by atoms with van der Waals surface area (Å²) in [6, 6.07) is -0.622. The van der Waals surface area contributed by atoms with Gasteiger partial charge in [0, 0.05) is 39.0 Å². The molecule has 0 spiro atoms. The Kier molecular flexibility index (Phi) is 10.1. The first-order valence-electron chi connectivity index (χ1n) is 10.7. The first-order valence-corrected chi connectivity index (χ1v) is 10.7. The molecule has 164 valence electrons. The van der Waals surface area contributed by atoms with Crippen LogP contribution in [0.15, 0.2) is 12.2 Å². The van der Waals surface area contributed by atoms with Gasteiger partial charge in [-0.25, -0.2) is 10.3 Å². The lowest BCUT2D eigenvalue weighted by atomic mass is 9.96. The lowest BCUT2D eigenvalue weighted by Crippen LogP contribution is -2.48. The topological polar surface area (TPSA) is 97.0 Å². The van der Waals surface area contributed by atoms with Gasteiger partial charge in [-0.1, -0.05) is 12.2 Å². The van der Waals surface area contributed by atoms with Crippen LogP contribution in [0.2, 0.25) is 0 Å². The SMILES string of the molecule is CC1NC(=O)C(CC(=O)NO[C@H]2CCCCO2)CCCC=CCCCN(C)C1=O. The molecule has 29 heavy (non-hydrogen) atoms. The van der Waals surface area contributed by atoms with E-state index in [2.05, 4.69) is 22.9 Å². The highest BCUT2D eigenvalue weighted by Crippen LogP contribution is 2.16. The third-order valence-electron chi connectivity index (χ3n) is 5.30. The Bertz CT molecular complexity index is 575. The number of hydrogen-bond acceptors (Lipinski definition) is 5. The quantitative estimate of drug-likeness (QED) is 0.547. The Morgan fingerprint density at radius 3 is 2.69 bits per heavy atom. The van der Waals surface area contributed by atoms with Crippen LogP contribution < -0.4 is 10.8 Å². The van der Waals surface area contributed by atoms with E-state index in [0.29, 0.717) is 19.6 Å². The molecular formula is C21H35N3O5. The standard InChI is InChI=1S/C21H35N3O5/c1-16-21(27)24(2)13-9-6-4-3-5-7-11-17(20(26)22-16)15-18(25)23-29-19-12-8-10-14-28-19/h3-4,16-17,19H,5-15H2,1-2H3,(H,22,26)(H,23,25)/t16?,17?,19-/m0/s1. The van der Waals surface area contributed by atoms with Crippen LogP contribution >= 0.6 is 0 Å². The number of carbonyl (C=O) groups excluding carboxylic acids is 3. The zero-order valence-corrected chi connectivity index (χ0v) is 17.7. The number of hydrogen-bond donors (Lipinski definition) is 2. The van der Waals surface area contributed by atoms with Gasteiger partial charge in [-0.05, 0) is 51.9 Å². The predicted octanol–water partition coefficient (Wildman–Crippen LogP) is 2.05. The number of carbonyl (C=O) groups is 3. The summed E-state index contributed by atoms with van der Waals surface area (Å²) in [4.78, 5) is 44.5. The number of likely N-dealkylation sites (N-methyl/N-ethyl adjacent to an activating group) is 1. The molecule has 0 aliphatic carbocycles. The fourth-order valence-corrected chi connectivity index (χ4v) is 3.52. The smallest absolute Gasteiger partial charge is 0.244 e. The average molecular weight is 410 g/mol. The largest absolute Gasteiger partial charge is 0.350 e. The van der Waals surface area contributed by atoms with Gasteiger partial charge in [0.25, 0.3) is 0 Å². The minimum Gasteiger partial charge on any atom is -0.350 e. The summed E-state index contributed by atoms with van der Waals surface area (Å²) < 4.78 is 5.42. The van der Waals surface area contributed by atoms with Crippen LogP contribution in [-0.4, -0.2) is 55.2 Å². The van der Waals surface area contributed by atoms with Crippen LogP contribution in [-0.2, 0) is 24.0 Å². The number of nitrogens with zero attached hydrogens (tertiary/aromatic N) is 1. The zero-order chi connectivity index (χ0) is 21.1. The van der Waals surface area contributed by atoms with Crippen LogP contribution in [0.1, 0.15) is 64.7 Å².